The average molecular weight is 365 g/mol. The van der Waals surface area contributed by atoms with Gasteiger partial charge in [0.05, 0.1) is 0 Å². The van der Waals surface area contributed by atoms with Crippen molar-refractivity contribution >= 4 is 5.91 Å². The van der Waals surface area contributed by atoms with Crippen LogP contribution in [0.3, 0.4) is 0 Å². The Morgan fingerprint density at radius 2 is 1.89 bits per heavy atom. The van der Waals surface area contributed by atoms with Gasteiger partial charge in [-0.1, -0.05) is 30.3 Å². The maximum atomic E-state index is 13.2. The summed E-state index contributed by atoms with van der Waals surface area (Å²) in [6.45, 7) is 7.09. The van der Waals surface area contributed by atoms with Crippen LogP contribution in [0.1, 0.15) is 40.0 Å². The van der Waals surface area contributed by atoms with Gasteiger partial charge >= 0.3 is 0 Å². The zero-order valence-electron chi connectivity index (χ0n) is 16.1. The van der Waals surface area contributed by atoms with Gasteiger partial charge in [-0.25, -0.2) is 0 Å². The number of aromatic nitrogens is 1. The van der Waals surface area contributed by atoms with Gasteiger partial charge in [0.25, 0.3) is 11.5 Å². The number of amides is 1. The molecule has 1 aromatic heterocycles. The molecule has 5 rings (SSSR count). The summed E-state index contributed by atoms with van der Waals surface area (Å²) in [5.74, 6) is 0.355. The van der Waals surface area contributed by atoms with Crippen molar-refractivity contribution in [2.45, 2.75) is 39.3 Å². The zero-order valence-corrected chi connectivity index (χ0v) is 16.1. The van der Waals surface area contributed by atoms with Crippen molar-refractivity contribution in [3.63, 3.8) is 0 Å². The van der Waals surface area contributed by atoms with Crippen LogP contribution in [0.4, 0.5) is 0 Å². The van der Waals surface area contributed by atoms with Crippen molar-refractivity contribution in [2.24, 2.45) is 5.92 Å². The first kappa shape index (κ1) is 18.0. The van der Waals surface area contributed by atoms with E-state index in [9.17, 15) is 9.59 Å². The van der Waals surface area contributed by atoms with Crippen molar-refractivity contribution in [1.82, 2.24) is 14.8 Å². The van der Waals surface area contributed by atoms with E-state index in [-0.39, 0.29) is 11.5 Å². The molecule has 27 heavy (non-hydrogen) atoms. The molecule has 4 heterocycles. The maximum absolute atomic E-state index is 13.2. The van der Waals surface area contributed by atoms with Crippen LogP contribution in [-0.2, 0) is 6.54 Å². The van der Waals surface area contributed by atoms with Gasteiger partial charge in [0.15, 0.2) is 0 Å². The summed E-state index contributed by atoms with van der Waals surface area (Å²) in [7, 11) is 0. The number of carbonyl (C=O) groups excluding carboxylic acids is 1. The van der Waals surface area contributed by atoms with E-state index < -0.39 is 0 Å². The number of benzene rings is 1. The summed E-state index contributed by atoms with van der Waals surface area (Å²) in [6.07, 6.45) is 2.27. The molecule has 5 heteroatoms. The fourth-order valence-electron chi connectivity index (χ4n) is 4.63. The molecule has 1 aromatic carbocycles. The van der Waals surface area contributed by atoms with Gasteiger partial charge in [-0.15, -0.1) is 0 Å². The summed E-state index contributed by atoms with van der Waals surface area (Å²) in [5, 5.41) is 0. The summed E-state index contributed by atoms with van der Waals surface area (Å²) in [5.41, 5.74) is 2.90. The van der Waals surface area contributed by atoms with Crippen molar-refractivity contribution < 1.29 is 4.79 Å². The summed E-state index contributed by atoms with van der Waals surface area (Å²) >= 11 is 0. The molecule has 1 N–H and O–H groups in total. The number of piperidine rings is 1. The topological polar surface area (TPSA) is 56.4 Å². The monoisotopic (exact) mass is 365 g/mol. The summed E-state index contributed by atoms with van der Waals surface area (Å²) in [4.78, 5) is 32.8. The zero-order chi connectivity index (χ0) is 19.0. The number of aryl methyl sites for hydroxylation is 2. The van der Waals surface area contributed by atoms with Gasteiger partial charge in [-0.2, -0.15) is 0 Å². The number of fused-ring (bicyclic) bond motifs is 4. The molecule has 0 aliphatic carbocycles. The number of hydrogen-bond acceptors (Lipinski definition) is 3. The number of pyridine rings is 1. The van der Waals surface area contributed by atoms with E-state index >= 15 is 0 Å². The molecule has 2 aromatic rings. The average Bonchev–Trinajstić information content (AvgIpc) is 2.93. The Kier molecular flexibility index (Phi) is 4.87. The van der Waals surface area contributed by atoms with E-state index in [1.165, 1.54) is 5.56 Å². The lowest BCUT2D eigenvalue weighted by Gasteiger charge is -2.36. The molecular formula is C22H27N3O2. The third kappa shape index (κ3) is 3.69. The van der Waals surface area contributed by atoms with E-state index in [0.717, 1.165) is 43.7 Å². The summed E-state index contributed by atoms with van der Waals surface area (Å²) in [6, 6.07) is 12.8. The van der Waals surface area contributed by atoms with Crippen molar-refractivity contribution in [2.75, 3.05) is 19.6 Å². The van der Waals surface area contributed by atoms with Crippen LogP contribution in [0.15, 0.2) is 41.2 Å². The maximum Gasteiger partial charge on any atom is 0.261 e. The number of H-pyrrole nitrogens is 1. The lowest BCUT2D eigenvalue weighted by molar-refractivity contribution is 0.0733. The first-order valence-corrected chi connectivity index (χ1v) is 9.79. The largest absolute Gasteiger partial charge is 0.337 e. The Morgan fingerprint density at radius 1 is 1.11 bits per heavy atom. The molecule has 2 bridgehead atoms. The van der Waals surface area contributed by atoms with Crippen LogP contribution in [-0.4, -0.2) is 46.4 Å². The molecule has 0 radical (unpaired) electrons. The molecule has 142 valence electrons. The normalized spacial score (nSPS) is 22.7. The smallest absolute Gasteiger partial charge is 0.261 e. The van der Waals surface area contributed by atoms with Crippen molar-refractivity contribution in [1.29, 1.82) is 0 Å². The molecule has 0 saturated carbocycles. The van der Waals surface area contributed by atoms with Crippen LogP contribution < -0.4 is 5.56 Å². The Morgan fingerprint density at radius 3 is 2.63 bits per heavy atom. The highest BCUT2D eigenvalue weighted by Gasteiger charge is 2.37. The van der Waals surface area contributed by atoms with Crippen LogP contribution in [0.25, 0.3) is 0 Å². The minimum atomic E-state index is -0.268. The molecule has 3 saturated heterocycles. The SMILES string of the molecule is Cc1cc(C)c(C(=O)N2C[C@H]3CC[C@@H](C2)N(Cc2ccccc2)C3)c(=O)[nH]1. The number of carbonyl (C=O) groups is 1. The van der Waals surface area contributed by atoms with Gasteiger partial charge in [0.1, 0.15) is 5.56 Å². The lowest BCUT2D eigenvalue weighted by atomic mass is 9.94. The van der Waals surface area contributed by atoms with Gasteiger partial charge in [-0.05, 0) is 49.8 Å². The molecular weight excluding hydrogens is 338 g/mol. The highest BCUT2D eigenvalue weighted by molar-refractivity contribution is 5.95. The standard InChI is InChI=1S/C22H27N3O2/c1-15-10-16(2)23-21(26)20(15)22(27)25-13-18-8-9-19(14-25)24(12-18)11-17-6-4-3-5-7-17/h3-7,10,18-19H,8-9,11-14H2,1-2H3,(H,23,26)/t18-,19-/m0/s1. The van der Waals surface area contributed by atoms with Gasteiger partial charge in [0, 0.05) is 37.9 Å². The Hall–Kier alpha value is -2.40. The van der Waals surface area contributed by atoms with E-state index in [1.807, 2.05) is 30.9 Å². The molecule has 3 aliphatic heterocycles. The minimum Gasteiger partial charge on any atom is -0.337 e. The fraction of sp³-hybridized carbons (Fsp3) is 0.455. The molecule has 0 spiro atoms. The van der Waals surface area contributed by atoms with E-state index in [0.29, 0.717) is 24.1 Å². The van der Waals surface area contributed by atoms with Gasteiger partial charge in [0.2, 0.25) is 0 Å². The minimum absolute atomic E-state index is 0.118. The van der Waals surface area contributed by atoms with Crippen LogP contribution >= 0.6 is 0 Å². The van der Waals surface area contributed by atoms with Gasteiger partial charge in [-0.3, -0.25) is 14.5 Å². The predicted molar refractivity (Wildman–Crippen MR) is 106 cm³/mol. The fourth-order valence-corrected chi connectivity index (χ4v) is 4.63. The van der Waals surface area contributed by atoms with Gasteiger partial charge < -0.3 is 9.88 Å². The highest BCUT2D eigenvalue weighted by Crippen LogP contribution is 2.30. The van der Waals surface area contributed by atoms with E-state index in [1.54, 1.807) is 0 Å². The van der Waals surface area contributed by atoms with Crippen LogP contribution in [0.2, 0.25) is 0 Å². The first-order valence-electron chi connectivity index (χ1n) is 9.79. The lowest BCUT2D eigenvalue weighted by Crippen LogP contribution is -2.44. The second-order valence-corrected chi connectivity index (χ2v) is 8.06. The van der Waals surface area contributed by atoms with Crippen LogP contribution in [0.5, 0.6) is 0 Å². The predicted octanol–water partition coefficient (Wildman–Crippen LogP) is 2.73. The number of rotatable bonds is 3. The number of hydrogen-bond donors (Lipinski definition) is 1. The Labute approximate surface area is 160 Å². The highest BCUT2D eigenvalue weighted by atomic mass is 16.2. The molecule has 3 fully saturated rings. The summed E-state index contributed by atoms with van der Waals surface area (Å²) < 4.78 is 0. The third-order valence-corrected chi connectivity index (χ3v) is 5.92. The van der Waals surface area contributed by atoms with E-state index in [2.05, 4.69) is 34.1 Å². The third-order valence-electron chi connectivity index (χ3n) is 5.92. The first-order chi connectivity index (χ1) is 13.0. The number of nitrogens with one attached hydrogen (secondary N) is 1. The van der Waals surface area contributed by atoms with Crippen LogP contribution in [0, 0.1) is 19.8 Å². The van der Waals surface area contributed by atoms with Crippen molar-refractivity contribution in [3.05, 3.63) is 69.1 Å². The quantitative estimate of drug-likeness (QED) is 0.910. The van der Waals surface area contributed by atoms with E-state index in [4.69, 9.17) is 0 Å². The van der Waals surface area contributed by atoms with Crippen molar-refractivity contribution in [3.8, 4) is 0 Å². The molecule has 1 amide bonds. The number of nitrogens with zero attached hydrogens (tertiary/aromatic N) is 2. The molecule has 0 unspecified atom stereocenters. The molecule has 3 aliphatic rings. The number of aromatic amines is 1. The molecule has 2 atom stereocenters. The second-order valence-electron chi connectivity index (χ2n) is 8.06. The molecule has 5 nitrogen and oxygen atoms in total. The second kappa shape index (κ2) is 7.31. The Bertz CT molecular complexity index is 890. The Balaban J connectivity index is 1.55.